The summed E-state index contributed by atoms with van der Waals surface area (Å²) >= 11 is 6.18. The van der Waals surface area contributed by atoms with Crippen molar-refractivity contribution in [3.05, 3.63) is 40.0 Å². The molecule has 140 valence electrons. The third-order valence-electron chi connectivity index (χ3n) is 5.97. The molecule has 2 aromatic rings. The van der Waals surface area contributed by atoms with Crippen LogP contribution >= 0.6 is 11.6 Å². The van der Waals surface area contributed by atoms with Crippen LogP contribution in [-0.2, 0) is 6.42 Å². The van der Waals surface area contributed by atoms with Gasteiger partial charge in [-0.15, -0.1) is 0 Å². The Hall–Kier alpha value is -1.52. The Morgan fingerprint density at radius 1 is 1.23 bits per heavy atom. The highest BCUT2D eigenvalue weighted by atomic mass is 35.5. The highest BCUT2D eigenvalue weighted by Gasteiger charge is 2.28. The van der Waals surface area contributed by atoms with Crippen LogP contribution in [0.1, 0.15) is 55.3 Å². The number of likely N-dealkylation sites (tertiary alicyclic amines) is 1. The lowest BCUT2D eigenvalue weighted by molar-refractivity contribution is 0.220. The molecular formula is C21H29ClN4. The predicted octanol–water partition coefficient (Wildman–Crippen LogP) is 4.78. The van der Waals surface area contributed by atoms with Crippen molar-refractivity contribution in [3.63, 3.8) is 0 Å². The van der Waals surface area contributed by atoms with Crippen LogP contribution in [0.25, 0.3) is 5.69 Å². The summed E-state index contributed by atoms with van der Waals surface area (Å²) in [6, 6.07) is 6.09. The molecule has 1 saturated heterocycles. The minimum atomic E-state index is 0.584. The molecule has 3 heterocycles. The summed E-state index contributed by atoms with van der Waals surface area (Å²) in [4.78, 5) is 2.55. The molecule has 1 fully saturated rings. The Kier molecular flexibility index (Phi) is 5.23. The van der Waals surface area contributed by atoms with Gasteiger partial charge in [0.25, 0.3) is 0 Å². The summed E-state index contributed by atoms with van der Waals surface area (Å²) in [5, 5.41) is 9.61. The van der Waals surface area contributed by atoms with Crippen LogP contribution in [-0.4, -0.2) is 40.9 Å². The first kappa shape index (κ1) is 17.9. The second-order valence-corrected chi connectivity index (χ2v) is 8.08. The molecule has 1 N–H and O–H groups in total. The zero-order valence-electron chi connectivity index (χ0n) is 15.9. The normalized spacial score (nSPS) is 19.0. The minimum absolute atomic E-state index is 0.584. The van der Waals surface area contributed by atoms with Gasteiger partial charge in [0.05, 0.1) is 11.4 Å². The third-order valence-corrected chi connectivity index (χ3v) is 6.20. The van der Waals surface area contributed by atoms with Crippen molar-refractivity contribution in [2.24, 2.45) is 0 Å². The van der Waals surface area contributed by atoms with Crippen LogP contribution in [0, 0.1) is 6.92 Å². The SMILES string of the molecule is CCN1CCC(c2nn(-c3ccc(Cl)cc3C)c3c2CCCCN3)CC1. The number of halogens is 1. The third kappa shape index (κ3) is 3.37. The summed E-state index contributed by atoms with van der Waals surface area (Å²) in [5.74, 6) is 1.79. The molecule has 0 amide bonds. The fourth-order valence-electron chi connectivity index (χ4n) is 4.41. The zero-order chi connectivity index (χ0) is 18.1. The predicted molar refractivity (Wildman–Crippen MR) is 109 cm³/mol. The van der Waals surface area contributed by atoms with E-state index in [1.165, 1.54) is 61.4 Å². The van der Waals surface area contributed by atoms with E-state index in [2.05, 4.69) is 34.8 Å². The van der Waals surface area contributed by atoms with E-state index in [4.69, 9.17) is 16.7 Å². The number of piperidine rings is 1. The number of nitrogens with one attached hydrogen (secondary N) is 1. The van der Waals surface area contributed by atoms with E-state index >= 15 is 0 Å². The number of fused-ring (bicyclic) bond motifs is 1. The molecule has 4 rings (SSSR count). The standard InChI is InChI=1S/C21H29ClN4/c1-3-25-12-9-16(10-13-25)20-18-6-4-5-11-23-21(18)26(24-20)19-8-7-17(22)14-15(19)2/h7-8,14,16,23H,3-6,9-13H2,1-2H3. The van der Waals surface area contributed by atoms with E-state index in [0.717, 1.165) is 30.2 Å². The molecule has 2 aliphatic heterocycles. The first-order valence-corrected chi connectivity index (χ1v) is 10.4. The second kappa shape index (κ2) is 7.61. The largest absolute Gasteiger partial charge is 0.370 e. The number of rotatable bonds is 3. The second-order valence-electron chi connectivity index (χ2n) is 7.65. The molecular weight excluding hydrogens is 344 g/mol. The van der Waals surface area contributed by atoms with Gasteiger partial charge in [0, 0.05) is 23.0 Å². The molecule has 0 spiro atoms. The summed E-state index contributed by atoms with van der Waals surface area (Å²) in [6.07, 6.45) is 6.04. The topological polar surface area (TPSA) is 33.1 Å². The van der Waals surface area contributed by atoms with Gasteiger partial charge in [0.2, 0.25) is 0 Å². The Bertz CT molecular complexity index is 775. The number of benzene rings is 1. The van der Waals surface area contributed by atoms with Gasteiger partial charge in [-0.05, 0) is 82.4 Å². The van der Waals surface area contributed by atoms with Crippen LogP contribution in [0.15, 0.2) is 18.2 Å². The first-order valence-electron chi connectivity index (χ1n) is 10.0. The van der Waals surface area contributed by atoms with E-state index in [-0.39, 0.29) is 0 Å². The van der Waals surface area contributed by atoms with Gasteiger partial charge in [-0.2, -0.15) is 5.10 Å². The van der Waals surface area contributed by atoms with Crippen LogP contribution in [0.5, 0.6) is 0 Å². The van der Waals surface area contributed by atoms with Gasteiger partial charge in [-0.3, -0.25) is 0 Å². The first-order chi connectivity index (χ1) is 12.7. The van der Waals surface area contributed by atoms with Gasteiger partial charge < -0.3 is 10.2 Å². The van der Waals surface area contributed by atoms with Crippen molar-refractivity contribution >= 4 is 17.4 Å². The average Bonchev–Trinajstić information content (AvgIpc) is 2.83. The lowest BCUT2D eigenvalue weighted by Crippen LogP contribution is -2.33. The van der Waals surface area contributed by atoms with Gasteiger partial charge in [0.15, 0.2) is 0 Å². The van der Waals surface area contributed by atoms with E-state index in [1.807, 2.05) is 12.1 Å². The van der Waals surface area contributed by atoms with Crippen LogP contribution in [0.4, 0.5) is 5.82 Å². The molecule has 1 aromatic carbocycles. The Labute approximate surface area is 161 Å². The van der Waals surface area contributed by atoms with Crippen LogP contribution < -0.4 is 5.32 Å². The molecule has 2 aliphatic rings. The van der Waals surface area contributed by atoms with Crippen molar-refractivity contribution in [2.45, 2.75) is 51.9 Å². The fraction of sp³-hybridized carbons (Fsp3) is 0.571. The molecule has 4 nitrogen and oxygen atoms in total. The van der Waals surface area contributed by atoms with Gasteiger partial charge in [0.1, 0.15) is 5.82 Å². The van der Waals surface area contributed by atoms with Gasteiger partial charge in [-0.25, -0.2) is 4.68 Å². The van der Waals surface area contributed by atoms with Crippen LogP contribution in [0.3, 0.4) is 0 Å². The molecule has 0 unspecified atom stereocenters. The number of hydrogen-bond donors (Lipinski definition) is 1. The van der Waals surface area contributed by atoms with Crippen LogP contribution in [0.2, 0.25) is 5.02 Å². The van der Waals surface area contributed by atoms with E-state index < -0.39 is 0 Å². The van der Waals surface area contributed by atoms with E-state index in [9.17, 15) is 0 Å². The van der Waals surface area contributed by atoms with Crippen molar-refractivity contribution in [1.29, 1.82) is 0 Å². The maximum Gasteiger partial charge on any atom is 0.133 e. The molecule has 0 atom stereocenters. The van der Waals surface area contributed by atoms with Crippen molar-refractivity contribution < 1.29 is 0 Å². The smallest absolute Gasteiger partial charge is 0.133 e. The molecule has 0 saturated carbocycles. The molecule has 5 heteroatoms. The van der Waals surface area contributed by atoms with E-state index in [1.54, 1.807) is 0 Å². The molecule has 1 aromatic heterocycles. The van der Waals surface area contributed by atoms with Crippen molar-refractivity contribution in [1.82, 2.24) is 14.7 Å². The lowest BCUT2D eigenvalue weighted by atomic mass is 9.90. The highest BCUT2D eigenvalue weighted by Crippen LogP contribution is 2.37. The fourth-order valence-corrected chi connectivity index (χ4v) is 4.64. The maximum atomic E-state index is 6.18. The van der Waals surface area contributed by atoms with Gasteiger partial charge in [-0.1, -0.05) is 18.5 Å². The highest BCUT2D eigenvalue weighted by molar-refractivity contribution is 6.30. The number of hydrogen-bond acceptors (Lipinski definition) is 3. The molecule has 0 aliphatic carbocycles. The monoisotopic (exact) mass is 372 g/mol. The number of aromatic nitrogens is 2. The van der Waals surface area contributed by atoms with Gasteiger partial charge >= 0.3 is 0 Å². The number of anilines is 1. The lowest BCUT2D eigenvalue weighted by Gasteiger charge is -2.30. The summed E-state index contributed by atoms with van der Waals surface area (Å²) in [6.45, 7) is 8.94. The van der Waals surface area contributed by atoms with Crippen molar-refractivity contribution in [3.8, 4) is 5.69 Å². The summed E-state index contributed by atoms with van der Waals surface area (Å²) in [5.41, 5.74) is 5.09. The minimum Gasteiger partial charge on any atom is -0.370 e. The van der Waals surface area contributed by atoms with Crippen molar-refractivity contribution in [2.75, 3.05) is 31.5 Å². The Balaban J connectivity index is 1.74. The molecule has 26 heavy (non-hydrogen) atoms. The molecule has 0 radical (unpaired) electrons. The average molecular weight is 373 g/mol. The molecule has 0 bridgehead atoms. The quantitative estimate of drug-likeness (QED) is 0.841. The number of nitrogens with zero attached hydrogens (tertiary/aromatic N) is 3. The number of aryl methyl sites for hydroxylation is 1. The summed E-state index contributed by atoms with van der Waals surface area (Å²) < 4.78 is 2.15. The maximum absolute atomic E-state index is 6.18. The zero-order valence-corrected chi connectivity index (χ0v) is 16.6. The van der Waals surface area contributed by atoms with E-state index in [0.29, 0.717) is 5.92 Å². The summed E-state index contributed by atoms with van der Waals surface area (Å²) in [7, 11) is 0. The Morgan fingerprint density at radius 3 is 2.77 bits per heavy atom. The Morgan fingerprint density at radius 2 is 2.04 bits per heavy atom.